The van der Waals surface area contributed by atoms with Crippen LogP contribution in [0.4, 0.5) is 28.8 Å². The zero-order valence-corrected chi connectivity index (χ0v) is 19.1. The van der Waals surface area contributed by atoms with Gasteiger partial charge >= 0.3 is 12.4 Å². The van der Waals surface area contributed by atoms with E-state index >= 15 is 0 Å². The molecule has 2 aromatic carbocycles. The molecule has 1 aromatic heterocycles. The third-order valence-electron chi connectivity index (χ3n) is 5.14. The number of alkyl halides is 3. The zero-order chi connectivity index (χ0) is 24.1. The number of benzene rings is 2. The van der Waals surface area contributed by atoms with Crippen LogP contribution in [0.15, 0.2) is 42.5 Å². The van der Waals surface area contributed by atoms with Gasteiger partial charge in [0.2, 0.25) is 0 Å². The number of thiazole rings is 1. The summed E-state index contributed by atoms with van der Waals surface area (Å²) in [6, 6.07) is 10.4. The average molecular weight is 497 g/mol. The van der Waals surface area contributed by atoms with Gasteiger partial charge in [0.1, 0.15) is 11.5 Å². The van der Waals surface area contributed by atoms with Gasteiger partial charge in [-0.15, -0.1) is 13.2 Å². The van der Waals surface area contributed by atoms with Crippen LogP contribution in [0.25, 0.3) is 10.2 Å². The van der Waals surface area contributed by atoms with E-state index in [1.165, 1.54) is 23.1 Å². The first-order valence-electron chi connectivity index (χ1n) is 10.5. The van der Waals surface area contributed by atoms with E-state index in [4.69, 9.17) is 9.47 Å². The van der Waals surface area contributed by atoms with Gasteiger partial charge in [0.05, 0.1) is 30.5 Å². The minimum Gasteiger partial charge on any atom is -0.497 e. The maximum atomic E-state index is 13.2. The predicted octanol–water partition coefficient (Wildman–Crippen LogP) is 4.57. The Kier molecular flexibility index (Phi) is 7.39. The van der Waals surface area contributed by atoms with Crippen LogP contribution in [0, 0.1) is 0 Å². The van der Waals surface area contributed by atoms with Crippen molar-refractivity contribution >= 4 is 38.4 Å². The number of hydrogen-bond acceptors (Lipinski definition) is 7. The van der Waals surface area contributed by atoms with Gasteiger partial charge in [-0.1, -0.05) is 11.3 Å². The van der Waals surface area contributed by atoms with Crippen molar-refractivity contribution in [1.82, 2.24) is 9.88 Å². The van der Waals surface area contributed by atoms with Crippen molar-refractivity contribution < 1.29 is 32.2 Å². The van der Waals surface area contributed by atoms with Crippen LogP contribution in [0.3, 0.4) is 0 Å². The van der Waals surface area contributed by atoms with E-state index < -0.39 is 12.4 Å². The summed E-state index contributed by atoms with van der Waals surface area (Å²) in [5.74, 6) is 0.322. The Labute approximate surface area is 197 Å². The van der Waals surface area contributed by atoms with Crippen LogP contribution < -0.4 is 19.7 Å². The Balaban J connectivity index is 1.56. The lowest BCUT2D eigenvalue weighted by Gasteiger charge is -2.29. The first kappa shape index (κ1) is 24.0. The molecule has 1 N–H and O–H groups in total. The van der Waals surface area contributed by atoms with Crippen molar-refractivity contribution in [3.63, 3.8) is 0 Å². The lowest BCUT2D eigenvalue weighted by molar-refractivity contribution is -0.274. The van der Waals surface area contributed by atoms with E-state index in [-0.39, 0.29) is 5.75 Å². The second-order valence-corrected chi connectivity index (χ2v) is 8.45. The molecule has 8 nitrogen and oxygen atoms in total. The first-order chi connectivity index (χ1) is 16.3. The van der Waals surface area contributed by atoms with Crippen molar-refractivity contribution in [1.29, 1.82) is 0 Å². The number of rotatable bonds is 7. The van der Waals surface area contributed by atoms with Gasteiger partial charge in [0, 0.05) is 37.9 Å². The molecule has 182 valence electrons. The minimum atomic E-state index is -4.79. The van der Waals surface area contributed by atoms with Crippen LogP contribution in [-0.2, 0) is 4.74 Å². The van der Waals surface area contributed by atoms with E-state index in [2.05, 4.69) is 19.9 Å². The minimum absolute atomic E-state index is 0.335. The molecule has 1 fully saturated rings. The van der Waals surface area contributed by atoms with Gasteiger partial charge in [0.15, 0.2) is 5.13 Å². The average Bonchev–Trinajstić information content (AvgIpc) is 3.22. The molecule has 1 aliphatic rings. The van der Waals surface area contributed by atoms with Gasteiger partial charge in [0.25, 0.3) is 0 Å². The molecule has 0 spiro atoms. The zero-order valence-electron chi connectivity index (χ0n) is 18.3. The number of carbonyl (C=O) groups is 1. The summed E-state index contributed by atoms with van der Waals surface area (Å²) in [5, 5.41) is 3.22. The lowest BCUT2D eigenvalue weighted by atomic mass is 10.3. The van der Waals surface area contributed by atoms with E-state index in [0.717, 1.165) is 24.4 Å². The third kappa shape index (κ3) is 6.27. The Morgan fingerprint density at radius 2 is 1.88 bits per heavy atom. The molecule has 0 radical (unpaired) electrons. The largest absolute Gasteiger partial charge is 0.573 e. The number of ether oxygens (including phenoxy) is 3. The van der Waals surface area contributed by atoms with E-state index in [0.29, 0.717) is 53.1 Å². The summed E-state index contributed by atoms with van der Waals surface area (Å²) in [5.41, 5.74) is 1.05. The van der Waals surface area contributed by atoms with Crippen molar-refractivity contribution in [3.8, 4) is 11.5 Å². The molecule has 3 aromatic rings. The highest BCUT2D eigenvalue weighted by Crippen LogP contribution is 2.33. The fourth-order valence-electron chi connectivity index (χ4n) is 3.42. The molecular formula is C22H23F3N4O4S. The van der Waals surface area contributed by atoms with E-state index in [9.17, 15) is 18.0 Å². The Morgan fingerprint density at radius 1 is 1.18 bits per heavy atom. The Hall–Kier alpha value is -3.09. The molecule has 0 aliphatic carbocycles. The Morgan fingerprint density at radius 3 is 2.56 bits per heavy atom. The molecular weight excluding hydrogens is 473 g/mol. The fourth-order valence-corrected chi connectivity index (χ4v) is 4.44. The maximum absolute atomic E-state index is 13.2. The monoisotopic (exact) mass is 496 g/mol. The SMILES string of the molecule is COc1ccc(NC(=O)N(CCN2CCOCC2)c2nc3ccc(OC(F)(F)F)cc3s2)cc1. The molecule has 0 bridgehead atoms. The summed E-state index contributed by atoms with van der Waals surface area (Å²) in [7, 11) is 1.55. The van der Waals surface area contributed by atoms with Crippen molar-refractivity contribution in [2.24, 2.45) is 0 Å². The first-order valence-corrected chi connectivity index (χ1v) is 11.3. The van der Waals surface area contributed by atoms with Crippen LogP contribution in [-0.4, -0.2) is 68.8 Å². The van der Waals surface area contributed by atoms with Gasteiger partial charge in [-0.2, -0.15) is 0 Å². The summed E-state index contributed by atoms with van der Waals surface area (Å²) >= 11 is 1.12. The number of nitrogens with zero attached hydrogens (tertiary/aromatic N) is 3. The summed E-state index contributed by atoms with van der Waals surface area (Å²) in [4.78, 5) is 21.4. The van der Waals surface area contributed by atoms with Crippen LogP contribution in [0.1, 0.15) is 0 Å². The lowest BCUT2D eigenvalue weighted by Crippen LogP contribution is -2.44. The number of amides is 2. The topological polar surface area (TPSA) is 76.2 Å². The second-order valence-electron chi connectivity index (χ2n) is 7.44. The summed E-state index contributed by atoms with van der Waals surface area (Å²) in [6.45, 7) is 3.70. The maximum Gasteiger partial charge on any atom is 0.573 e. The number of anilines is 2. The number of fused-ring (bicyclic) bond motifs is 1. The number of hydrogen-bond donors (Lipinski definition) is 1. The molecule has 1 saturated heterocycles. The van der Waals surface area contributed by atoms with Gasteiger partial charge < -0.3 is 19.5 Å². The molecule has 1 aliphatic heterocycles. The summed E-state index contributed by atoms with van der Waals surface area (Å²) in [6.07, 6.45) is -4.79. The van der Waals surface area contributed by atoms with Crippen LogP contribution in [0.2, 0.25) is 0 Å². The predicted molar refractivity (Wildman–Crippen MR) is 123 cm³/mol. The third-order valence-corrected chi connectivity index (χ3v) is 6.18. The molecule has 12 heteroatoms. The normalized spacial score (nSPS) is 14.7. The van der Waals surface area contributed by atoms with Crippen LogP contribution >= 0.6 is 11.3 Å². The number of aromatic nitrogens is 1. The molecule has 0 atom stereocenters. The standard InChI is InChI=1S/C22H23F3N4O4S/c1-31-16-4-2-15(3-5-16)26-20(30)29(9-8-28-10-12-32-13-11-28)21-27-18-7-6-17(14-19(18)34-21)33-22(23,24)25/h2-7,14H,8-13H2,1H3,(H,26,30). The van der Waals surface area contributed by atoms with Crippen LogP contribution in [0.5, 0.6) is 11.5 Å². The number of halogens is 3. The second kappa shape index (κ2) is 10.5. The van der Waals surface area contributed by atoms with Gasteiger partial charge in [-0.3, -0.25) is 9.80 Å². The number of carbonyl (C=O) groups excluding carboxylic acids is 1. The fraction of sp³-hybridized carbons (Fsp3) is 0.364. The van der Waals surface area contributed by atoms with Gasteiger partial charge in [-0.05, 0) is 36.4 Å². The van der Waals surface area contributed by atoms with Crippen molar-refractivity contribution in [3.05, 3.63) is 42.5 Å². The number of urea groups is 1. The van der Waals surface area contributed by atoms with E-state index in [1.54, 1.807) is 31.4 Å². The Bertz CT molecular complexity index is 1120. The smallest absolute Gasteiger partial charge is 0.497 e. The number of nitrogens with one attached hydrogen (secondary N) is 1. The molecule has 0 unspecified atom stereocenters. The molecule has 2 amide bonds. The highest BCUT2D eigenvalue weighted by molar-refractivity contribution is 7.22. The highest BCUT2D eigenvalue weighted by Gasteiger charge is 2.31. The summed E-state index contributed by atoms with van der Waals surface area (Å²) < 4.78 is 52.8. The highest BCUT2D eigenvalue weighted by atomic mass is 32.1. The van der Waals surface area contributed by atoms with Crippen molar-refractivity contribution in [2.45, 2.75) is 6.36 Å². The molecule has 4 rings (SSSR count). The number of methoxy groups -OCH3 is 1. The molecule has 0 saturated carbocycles. The van der Waals surface area contributed by atoms with Gasteiger partial charge in [-0.25, -0.2) is 9.78 Å². The van der Waals surface area contributed by atoms with Crippen molar-refractivity contribution in [2.75, 3.05) is 56.7 Å². The van der Waals surface area contributed by atoms with E-state index in [1.807, 2.05) is 0 Å². The molecule has 2 heterocycles. The number of morpholine rings is 1. The molecule has 34 heavy (non-hydrogen) atoms. The quantitative estimate of drug-likeness (QED) is 0.516.